The van der Waals surface area contributed by atoms with Gasteiger partial charge in [0.1, 0.15) is 23.8 Å². The summed E-state index contributed by atoms with van der Waals surface area (Å²) >= 11 is 0. The summed E-state index contributed by atoms with van der Waals surface area (Å²) in [6.07, 6.45) is 0. The lowest BCUT2D eigenvalue weighted by Crippen LogP contribution is -2.43. The molecule has 4 rings (SSSR count). The van der Waals surface area contributed by atoms with E-state index in [9.17, 15) is 19.7 Å². The summed E-state index contributed by atoms with van der Waals surface area (Å²) in [4.78, 5) is 36.5. The number of non-ortho nitro benzene ring substituents is 1. The molecule has 0 bridgehead atoms. The highest BCUT2D eigenvalue weighted by Gasteiger charge is 2.29. The van der Waals surface area contributed by atoms with Gasteiger partial charge in [0.2, 0.25) is 5.91 Å². The van der Waals surface area contributed by atoms with E-state index in [0.717, 1.165) is 0 Å². The van der Waals surface area contributed by atoms with Crippen molar-refractivity contribution in [3.05, 3.63) is 82.9 Å². The molecule has 0 saturated carbocycles. The number of carbonyl (C=O) groups excluding carboxylic acids is 2. The Morgan fingerprint density at radius 2 is 1.77 bits per heavy atom. The molecule has 2 amide bonds. The van der Waals surface area contributed by atoms with E-state index in [-0.39, 0.29) is 24.5 Å². The fourth-order valence-corrected chi connectivity index (χ4v) is 3.05. The molecule has 0 saturated heterocycles. The van der Waals surface area contributed by atoms with Crippen molar-refractivity contribution in [3.8, 4) is 17.2 Å². The number of ether oxygens (including phenoxy) is 2. The Morgan fingerprint density at radius 1 is 1.06 bits per heavy atom. The third-order valence-corrected chi connectivity index (χ3v) is 4.52. The fourth-order valence-electron chi connectivity index (χ4n) is 3.05. The number of fused-ring (bicyclic) bond motifs is 1. The second-order valence-corrected chi connectivity index (χ2v) is 6.67. The van der Waals surface area contributed by atoms with Gasteiger partial charge in [-0.05, 0) is 42.5 Å². The SMILES string of the molecule is O=C(CN1C(=O)COc2ccc([N+](=O)[O-])cc21)Nc1ccc(Oc2ccccc2)cc1. The molecule has 156 valence electrons. The highest BCUT2D eigenvalue weighted by molar-refractivity contribution is 6.05. The molecule has 3 aromatic carbocycles. The number of hydrogen-bond acceptors (Lipinski definition) is 6. The maximum Gasteiger partial charge on any atom is 0.271 e. The first kappa shape index (κ1) is 19.9. The van der Waals surface area contributed by atoms with Crippen LogP contribution in [-0.2, 0) is 9.59 Å². The van der Waals surface area contributed by atoms with Crippen LogP contribution in [0.15, 0.2) is 72.8 Å². The van der Waals surface area contributed by atoms with Crippen molar-refractivity contribution >= 4 is 28.9 Å². The largest absolute Gasteiger partial charge is 0.482 e. The molecule has 1 aliphatic rings. The number of carbonyl (C=O) groups is 2. The maximum atomic E-state index is 12.5. The standard InChI is InChI=1S/C22H17N3O6/c26-21(23-15-6-9-18(10-7-15)31-17-4-2-1-3-5-17)13-24-19-12-16(25(28)29)8-11-20(19)30-14-22(24)27/h1-12H,13-14H2,(H,23,26). The van der Waals surface area contributed by atoms with Gasteiger partial charge in [0.25, 0.3) is 11.6 Å². The zero-order valence-corrected chi connectivity index (χ0v) is 16.2. The van der Waals surface area contributed by atoms with Crippen LogP contribution < -0.4 is 19.7 Å². The Labute approximate surface area is 177 Å². The molecular weight excluding hydrogens is 402 g/mol. The zero-order chi connectivity index (χ0) is 21.8. The van der Waals surface area contributed by atoms with Gasteiger partial charge in [0, 0.05) is 17.8 Å². The predicted molar refractivity (Wildman–Crippen MR) is 113 cm³/mol. The topological polar surface area (TPSA) is 111 Å². The number of nitrogens with zero attached hydrogens (tertiary/aromatic N) is 2. The van der Waals surface area contributed by atoms with Gasteiger partial charge in [-0.25, -0.2) is 0 Å². The molecular formula is C22H17N3O6. The smallest absolute Gasteiger partial charge is 0.271 e. The number of nitro benzene ring substituents is 1. The Balaban J connectivity index is 1.43. The van der Waals surface area contributed by atoms with Crippen molar-refractivity contribution in [3.63, 3.8) is 0 Å². The lowest BCUT2D eigenvalue weighted by molar-refractivity contribution is -0.384. The van der Waals surface area contributed by atoms with Crippen molar-refractivity contribution in [1.82, 2.24) is 0 Å². The molecule has 0 radical (unpaired) electrons. The molecule has 1 N–H and O–H groups in total. The monoisotopic (exact) mass is 419 g/mol. The van der Waals surface area contributed by atoms with Gasteiger partial charge in [-0.1, -0.05) is 18.2 Å². The highest BCUT2D eigenvalue weighted by atomic mass is 16.6. The number of rotatable bonds is 6. The third kappa shape index (κ3) is 4.61. The molecule has 0 aliphatic carbocycles. The Bertz CT molecular complexity index is 1130. The first-order chi connectivity index (χ1) is 15.0. The van der Waals surface area contributed by atoms with Gasteiger partial charge in [-0.3, -0.25) is 24.6 Å². The molecule has 9 heteroatoms. The molecule has 1 aliphatic heterocycles. The summed E-state index contributed by atoms with van der Waals surface area (Å²) < 4.78 is 11.0. The molecule has 0 unspecified atom stereocenters. The average molecular weight is 419 g/mol. The van der Waals surface area contributed by atoms with E-state index < -0.39 is 16.7 Å². The zero-order valence-electron chi connectivity index (χ0n) is 16.2. The summed E-state index contributed by atoms with van der Waals surface area (Å²) in [6, 6.07) is 20.0. The summed E-state index contributed by atoms with van der Waals surface area (Å²) in [5, 5.41) is 13.8. The molecule has 31 heavy (non-hydrogen) atoms. The van der Waals surface area contributed by atoms with Gasteiger partial charge in [0.15, 0.2) is 6.61 Å². The van der Waals surface area contributed by atoms with E-state index in [1.807, 2.05) is 30.3 Å². The summed E-state index contributed by atoms with van der Waals surface area (Å²) in [7, 11) is 0. The van der Waals surface area contributed by atoms with Crippen LogP contribution in [0.25, 0.3) is 0 Å². The number of benzene rings is 3. The van der Waals surface area contributed by atoms with Crippen LogP contribution in [0.5, 0.6) is 17.2 Å². The Morgan fingerprint density at radius 3 is 2.48 bits per heavy atom. The van der Waals surface area contributed by atoms with E-state index in [4.69, 9.17) is 9.47 Å². The van der Waals surface area contributed by atoms with Crippen molar-refractivity contribution in [2.45, 2.75) is 0 Å². The second kappa shape index (κ2) is 8.54. The van der Waals surface area contributed by atoms with Crippen molar-refractivity contribution in [2.24, 2.45) is 0 Å². The number of amides is 2. The molecule has 0 fully saturated rings. The average Bonchev–Trinajstić information content (AvgIpc) is 2.77. The van der Waals surface area contributed by atoms with Crippen molar-refractivity contribution in [2.75, 3.05) is 23.4 Å². The predicted octanol–water partition coefficient (Wildman–Crippen LogP) is 3.75. The normalized spacial score (nSPS) is 12.5. The van der Waals surface area contributed by atoms with Crippen molar-refractivity contribution < 1.29 is 24.0 Å². The lowest BCUT2D eigenvalue weighted by Gasteiger charge is -2.28. The minimum atomic E-state index is -0.573. The second-order valence-electron chi connectivity index (χ2n) is 6.67. The molecule has 0 atom stereocenters. The van der Waals surface area contributed by atoms with Crippen LogP contribution in [0.3, 0.4) is 0 Å². The minimum Gasteiger partial charge on any atom is -0.482 e. The first-order valence-electron chi connectivity index (χ1n) is 9.34. The van der Waals surface area contributed by atoms with Crippen LogP contribution in [0.2, 0.25) is 0 Å². The van der Waals surface area contributed by atoms with Gasteiger partial charge in [-0.2, -0.15) is 0 Å². The molecule has 3 aromatic rings. The van der Waals surface area contributed by atoms with Crippen LogP contribution in [0.4, 0.5) is 17.1 Å². The number of anilines is 2. The highest BCUT2D eigenvalue weighted by Crippen LogP contribution is 2.35. The van der Waals surface area contributed by atoms with Crippen LogP contribution in [0.1, 0.15) is 0 Å². The number of nitro groups is 1. The summed E-state index contributed by atoms with van der Waals surface area (Å²) in [5.41, 5.74) is 0.508. The first-order valence-corrected chi connectivity index (χ1v) is 9.34. The summed E-state index contributed by atoms with van der Waals surface area (Å²) in [5.74, 6) is 0.686. The van der Waals surface area contributed by atoms with E-state index >= 15 is 0 Å². The van der Waals surface area contributed by atoms with Gasteiger partial charge in [-0.15, -0.1) is 0 Å². The number of nitrogens with one attached hydrogen (secondary N) is 1. The van der Waals surface area contributed by atoms with Crippen LogP contribution in [0, 0.1) is 10.1 Å². The van der Waals surface area contributed by atoms with Crippen molar-refractivity contribution in [1.29, 1.82) is 0 Å². The van der Waals surface area contributed by atoms with E-state index in [1.165, 1.54) is 23.1 Å². The van der Waals surface area contributed by atoms with Gasteiger partial charge in [0.05, 0.1) is 10.6 Å². The number of hydrogen-bond donors (Lipinski definition) is 1. The molecule has 1 heterocycles. The van der Waals surface area contributed by atoms with Gasteiger partial charge >= 0.3 is 0 Å². The van der Waals surface area contributed by atoms with Crippen LogP contribution in [-0.4, -0.2) is 29.9 Å². The molecule has 0 aromatic heterocycles. The van der Waals surface area contributed by atoms with E-state index in [2.05, 4.69) is 5.32 Å². The number of para-hydroxylation sites is 1. The fraction of sp³-hybridized carbons (Fsp3) is 0.0909. The molecule has 0 spiro atoms. The Hall–Kier alpha value is -4.40. The van der Waals surface area contributed by atoms with E-state index in [1.54, 1.807) is 24.3 Å². The van der Waals surface area contributed by atoms with E-state index in [0.29, 0.717) is 22.9 Å². The molecule has 9 nitrogen and oxygen atoms in total. The lowest BCUT2D eigenvalue weighted by atomic mass is 10.2. The maximum absolute atomic E-state index is 12.5. The Kier molecular flexibility index (Phi) is 5.48. The minimum absolute atomic E-state index is 0.187. The van der Waals surface area contributed by atoms with Gasteiger partial charge < -0.3 is 14.8 Å². The summed E-state index contributed by atoms with van der Waals surface area (Å²) in [6.45, 7) is -0.553. The van der Waals surface area contributed by atoms with Crippen LogP contribution >= 0.6 is 0 Å². The quantitative estimate of drug-likeness (QED) is 0.481. The third-order valence-electron chi connectivity index (χ3n) is 4.52.